The highest BCUT2D eigenvalue weighted by Crippen LogP contribution is 2.40. The zero-order valence-corrected chi connectivity index (χ0v) is 16.1. The fraction of sp³-hybridized carbons (Fsp3) is 0.200. The SMILES string of the molecule is COc1cc(Br)c(Oc2ccc([C@@H](C)O)cc2Br)cc1Br. The summed E-state index contributed by atoms with van der Waals surface area (Å²) in [5.74, 6) is 2.04. The summed E-state index contributed by atoms with van der Waals surface area (Å²) in [4.78, 5) is 0. The molecule has 0 aliphatic rings. The molecule has 3 nitrogen and oxygen atoms in total. The second-order valence-electron chi connectivity index (χ2n) is 4.39. The van der Waals surface area contributed by atoms with Crippen LogP contribution in [0.15, 0.2) is 43.7 Å². The van der Waals surface area contributed by atoms with Crippen molar-refractivity contribution in [1.29, 1.82) is 0 Å². The van der Waals surface area contributed by atoms with Gasteiger partial charge in [0.15, 0.2) is 0 Å². The number of ether oxygens (including phenoxy) is 2. The molecule has 0 fully saturated rings. The Bertz CT molecular complexity index is 657. The minimum absolute atomic E-state index is 0.516. The van der Waals surface area contributed by atoms with Crippen LogP contribution in [0.4, 0.5) is 0 Å². The third-order valence-electron chi connectivity index (χ3n) is 2.86. The first-order valence-electron chi connectivity index (χ1n) is 6.10. The summed E-state index contributed by atoms with van der Waals surface area (Å²) in [6.45, 7) is 1.72. The maximum absolute atomic E-state index is 9.58. The summed E-state index contributed by atoms with van der Waals surface area (Å²) in [6.07, 6.45) is -0.516. The van der Waals surface area contributed by atoms with Gasteiger partial charge in [-0.15, -0.1) is 0 Å². The number of hydrogen-bond acceptors (Lipinski definition) is 3. The molecule has 6 heteroatoms. The summed E-state index contributed by atoms with van der Waals surface area (Å²) < 4.78 is 13.5. The van der Waals surface area contributed by atoms with E-state index in [0.29, 0.717) is 11.5 Å². The quantitative estimate of drug-likeness (QED) is 0.598. The highest BCUT2D eigenvalue weighted by molar-refractivity contribution is 9.11. The van der Waals surface area contributed by atoms with Gasteiger partial charge in [0.25, 0.3) is 0 Å². The van der Waals surface area contributed by atoms with Crippen LogP contribution in [0.25, 0.3) is 0 Å². The Morgan fingerprint density at radius 3 is 2.05 bits per heavy atom. The largest absolute Gasteiger partial charge is 0.496 e. The molecule has 0 heterocycles. The third-order valence-corrected chi connectivity index (χ3v) is 4.72. The van der Waals surface area contributed by atoms with Gasteiger partial charge in [0, 0.05) is 0 Å². The van der Waals surface area contributed by atoms with Crippen molar-refractivity contribution in [3.8, 4) is 17.2 Å². The third kappa shape index (κ3) is 4.00. The van der Waals surface area contributed by atoms with Gasteiger partial charge in [0.05, 0.1) is 26.6 Å². The number of benzene rings is 2. The van der Waals surface area contributed by atoms with Gasteiger partial charge in [-0.1, -0.05) is 6.07 Å². The van der Waals surface area contributed by atoms with E-state index in [4.69, 9.17) is 9.47 Å². The molecule has 2 aromatic rings. The minimum Gasteiger partial charge on any atom is -0.496 e. The van der Waals surface area contributed by atoms with Crippen molar-refractivity contribution in [2.75, 3.05) is 7.11 Å². The first-order chi connectivity index (χ1) is 9.92. The van der Waals surface area contributed by atoms with Crippen LogP contribution in [-0.4, -0.2) is 12.2 Å². The monoisotopic (exact) mass is 478 g/mol. The minimum atomic E-state index is -0.516. The smallest absolute Gasteiger partial charge is 0.143 e. The van der Waals surface area contributed by atoms with Crippen molar-refractivity contribution in [3.63, 3.8) is 0 Å². The standard InChI is InChI=1S/C15H13Br3O3/c1-8(19)9-3-4-13(10(16)5-9)21-15-7-11(17)14(20-2)6-12(15)18/h3-8,19H,1-2H3/t8-/m1/s1. The molecule has 0 spiro atoms. The van der Waals surface area contributed by atoms with Gasteiger partial charge < -0.3 is 14.6 Å². The molecule has 2 rings (SSSR count). The molecule has 0 radical (unpaired) electrons. The van der Waals surface area contributed by atoms with E-state index in [9.17, 15) is 5.11 Å². The fourth-order valence-corrected chi connectivity index (χ4v) is 3.09. The molecule has 0 bridgehead atoms. The summed E-state index contributed by atoms with van der Waals surface area (Å²) in [6, 6.07) is 9.15. The summed E-state index contributed by atoms with van der Waals surface area (Å²) in [7, 11) is 1.61. The molecule has 112 valence electrons. The van der Waals surface area contributed by atoms with E-state index in [1.807, 2.05) is 30.3 Å². The number of hydrogen-bond donors (Lipinski definition) is 1. The van der Waals surface area contributed by atoms with Gasteiger partial charge in [0.1, 0.15) is 17.2 Å². The Labute approximate surface area is 148 Å². The fourth-order valence-electron chi connectivity index (χ4n) is 1.72. The van der Waals surface area contributed by atoms with Crippen molar-refractivity contribution in [2.45, 2.75) is 13.0 Å². The normalized spacial score (nSPS) is 12.1. The lowest BCUT2D eigenvalue weighted by Gasteiger charge is -2.13. The molecule has 21 heavy (non-hydrogen) atoms. The summed E-state index contributed by atoms with van der Waals surface area (Å²) in [5, 5.41) is 9.58. The van der Waals surface area contributed by atoms with E-state index >= 15 is 0 Å². The molecule has 0 aliphatic heterocycles. The lowest BCUT2D eigenvalue weighted by atomic mass is 10.1. The van der Waals surface area contributed by atoms with Crippen LogP contribution in [0, 0.1) is 0 Å². The van der Waals surface area contributed by atoms with Gasteiger partial charge in [-0.3, -0.25) is 0 Å². The van der Waals surface area contributed by atoms with Gasteiger partial charge >= 0.3 is 0 Å². The molecule has 0 aromatic heterocycles. The Balaban J connectivity index is 2.32. The molecule has 0 aliphatic carbocycles. The average Bonchev–Trinajstić information content (AvgIpc) is 2.44. The Morgan fingerprint density at radius 2 is 1.48 bits per heavy atom. The molecular formula is C15H13Br3O3. The summed E-state index contributed by atoms with van der Waals surface area (Å²) >= 11 is 10.4. The number of methoxy groups -OCH3 is 1. The lowest BCUT2D eigenvalue weighted by molar-refractivity contribution is 0.199. The van der Waals surface area contributed by atoms with Crippen LogP contribution in [0.3, 0.4) is 0 Å². The predicted molar refractivity (Wildman–Crippen MR) is 93.2 cm³/mol. The van der Waals surface area contributed by atoms with Crippen molar-refractivity contribution in [1.82, 2.24) is 0 Å². The number of aliphatic hydroxyl groups is 1. The number of halogens is 3. The average molecular weight is 481 g/mol. The van der Waals surface area contributed by atoms with Crippen LogP contribution < -0.4 is 9.47 Å². The second kappa shape index (κ2) is 7.13. The first kappa shape index (κ1) is 16.8. The number of aliphatic hydroxyl groups excluding tert-OH is 1. The van der Waals surface area contributed by atoms with Gasteiger partial charge in [-0.2, -0.15) is 0 Å². The highest BCUT2D eigenvalue weighted by atomic mass is 79.9. The lowest BCUT2D eigenvalue weighted by Crippen LogP contribution is -1.93. The van der Waals surface area contributed by atoms with Crippen LogP contribution in [0.2, 0.25) is 0 Å². The molecule has 0 amide bonds. The van der Waals surface area contributed by atoms with Crippen molar-refractivity contribution in [3.05, 3.63) is 49.3 Å². The second-order valence-corrected chi connectivity index (χ2v) is 6.95. The van der Waals surface area contributed by atoms with Crippen LogP contribution in [-0.2, 0) is 0 Å². The van der Waals surface area contributed by atoms with E-state index in [0.717, 1.165) is 24.7 Å². The molecular weight excluding hydrogens is 468 g/mol. The molecule has 0 saturated carbocycles. The zero-order chi connectivity index (χ0) is 15.6. The van der Waals surface area contributed by atoms with E-state index in [2.05, 4.69) is 47.8 Å². The van der Waals surface area contributed by atoms with Crippen LogP contribution in [0.1, 0.15) is 18.6 Å². The van der Waals surface area contributed by atoms with E-state index in [1.54, 1.807) is 14.0 Å². The zero-order valence-electron chi connectivity index (χ0n) is 11.4. The van der Waals surface area contributed by atoms with Crippen molar-refractivity contribution in [2.24, 2.45) is 0 Å². The Morgan fingerprint density at radius 1 is 0.905 bits per heavy atom. The van der Waals surface area contributed by atoms with E-state index in [1.165, 1.54) is 0 Å². The molecule has 0 unspecified atom stereocenters. The predicted octanol–water partition coefficient (Wildman–Crippen LogP) is 5.83. The van der Waals surface area contributed by atoms with E-state index < -0.39 is 6.10 Å². The first-order valence-corrected chi connectivity index (χ1v) is 8.48. The van der Waals surface area contributed by atoms with Crippen LogP contribution in [0.5, 0.6) is 17.2 Å². The van der Waals surface area contributed by atoms with Gasteiger partial charge in [-0.05, 0) is 84.5 Å². The summed E-state index contributed by atoms with van der Waals surface area (Å²) in [5.41, 5.74) is 0.823. The Kier molecular flexibility index (Phi) is 5.71. The van der Waals surface area contributed by atoms with Gasteiger partial charge in [0.2, 0.25) is 0 Å². The topological polar surface area (TPSA) is 38.7 Å². The van der Waals surface area contributed by atoms with Crippen molar-refractivity contribution < 1.29 is 14.6 Å². The molecule has 1 atom stereocenters. The number of rotatable bonds is 4. The van der Waals surface area contributed by atoms with Crippen molar-refractivity contribution >= 4 is 47.8 Å². The highest BCUT2D eigenvalue weighted by Gasteiger charge is 2.12. The van der Waals surface area contributed by atoms with Crippen LogP contribution >= 0.6 is 47.8 Å². The maximum atomic E-state index is 9.58. The maximum Gasteiger partial charge on any atom is 0.143 e. The van der Waals surface area contributed by atoms with Gasteiger partial charge in [-0.25, -0.2) is 0 Å². The molecule has 0 saturated heterocycles. The Hall–Kier alpha value is -0.560. The molecule has 2 aromatic carbocycles. The van der Waals surface area contributed by atoms with E-state index in [-0.39, 0.29) is 0 Å². The molecule has 1 N–H and O–H groups in total.